The number of urea groups is 1. The lowest BCUT2D eigenvalue weighted by atomic mass is 10.2. The van der Waals surface area contributed by atoms with Crippen LogP contribution in [0.2, 0.25) is 0 Å². The molecule has 2 amide bonds. The number of aromatic nitrogens is 1. The lowest BCUT2D eigenvalue weighted by Gasteiger charge is -2.35. The van der Waals surface area contributed by atoms with Crippen molar-refractivity contribution in [2.75, 3.05) is 36.4 Å². The summed E-state index contributed by atoms with van der Waals surface area (Å²) in [5, 5.41) is 4.19. The molecule has 0 unspecified atom stereocenters. The second kappa shape index (κ2) is 6.72. The maximum absolute atomic E-state index is 12.5. The molecule has 2 heterocycles. The molecule has 0 bridgehead atoms. The number of carbonyl (C=O) groups excluding carboxylic acids is 1. The molecule has 1 aromatic heterocycles. The van der Waals surface area contributed by atoms with E-state index in [1.165, 1.54) is 21.6 Å². The molecule has 6 heteroatoms. The van der Waals surface area contributed by atoms with Crippen LogP contribution in [0.25, 0.3) is 10.1 Å². The largest absolute Gasteiger partial charge is 0.352 e. The summed E-state index contributed by atoms with van der Waals surface area (Å²) in [6.07, 6.45) is 0. The van der Waals surface area contributed by atoms with Gasteiger partial charge in [-0.25, -0.2) is 4.79 Å². The van der Waals surface area contributed by atoms with E-state index in [1.807, 2.05) is 48.2 Å². The normalized spacial score (nSPS) is 14.8. The Hall–Kier alpha value is -2.60. The van der Waals surface area contributed by atoms with E-state index >= 15 is 0 Å². The van der Waals surface area contributed by atoms with Gasteiger partial charge in [0.25, 0.3) is 0 Å². The smallest absolute Gasteiger partial charge is 0.321 e. The molecule has 5 nitrogen and oxygen atoms in total. The van der Waals surface area contributed by atoms with E-state index in [4.69, 9.17) is 0 Å². The van der Waals surface area contributed by atoms with E-state index in [9.17, 15) is 4.79 Å². The Morgan fingerprint density at radius 2 is 1.88 bits per heavy atom. The second-order valence-corrected chi connectivity index (χ2v) is 7.08. The van der Waals surface area contributed by atoms with Gasteiger partial charge in [0.2, 0.25) is 0 Å². The van der Waals surface area contributed by atoms with Crippen LogP contribution >= 0.6 is 11.5 Å². The summed E-state index contributed by atoms with van der Waals surface area (Å²) in [6.45, 7) is 5.02. The fraction of sp³-hybridized carbons (Fsp3) is 0.263. The number of hydrogen-bond donors (Lipinski definition) is 1. The topological polar surface area (TPSA) is 48.5 Å². The Morgan fingerprint density at radius 3 is 2.68 bits per heavy atom. The zero-order valence-corrected chi connectivity index (χ0v) is 14.9. The average molecular weight is 352 g/mol. The zero-order chi connectivity index (χ0) is 17.2. The van der Waals surface area contributed by atoms with Crippen molar-refractivity contribution < 1.29 is 4.79 Å². The number of carbonyl (C=O) groups is 1. The number of aryl methyl sites for hydroxylation is 1. The van der Waals surface area contributed by atoms with Crippen LogP contribution in [-0.2, 0) is 0 Å². The predicted molar refractivity (Wildman–Crippen MR) is 104 cm³/mol. The third-order valence-electron chi connectivity index (χ3n) is 4.49. The molecule has 1 fully saturated rings. The maximum Gasteiger partial charge on any atom is 0.321 e. The van der Waals surface area contributed by atoms with Crippen LogP contribution in [0.4, 0.5) is 16.3 Å². The van der Waals surface area contributed by atoms with Crippen molar-refractivity contribution in [1.29, 1.82) is 0 Å². The summed E-state index contributed by atoms with van der Waals surface area (Å²) in [4.78, 5) is 16.6. The number of fused-ring (bicyclic) bond motifs is 1. The molecule has 4 rings (SSSR count). The fourth-order valence-corrected chi connectivity index (χ4v) is 3.94. The van der Waals surface area contributed by atoms with Crippen LogP contribution in [0.3, 0.4) is 0 Å². The van der Waals surface area contributed by atoms with Crippen molar-refractivity contribution in [2.45, 2.75) is 6.92 Å². The van der Waals surface area contributed by atoms with E-state index in [1.54, 1.807) is 0 Å². The first kappa shape index (κ1) is 15.9. The van der Waals surface area contributed by atoms with Crippen molar-refractivity contribution in [3.8, 4) is 0 Å². The number of hydrogen-bond acceptors (Lipinski definition) is 4. The monoisotopic (exact) mass is 352 g/mol. The average Bonchev–Trinajstić information content (AvgIpc) is 3.06. The number of anilines is 2. The highest BCUT2D eigenvalue weighted by Gasteiger charge is 2.23. The SMILES string of the molecule is Cc1cccc(NC(=O)N2CCN(c3nsc4ccccc34)CC2)c1. The van der Waals surface area contributed by atoms with Crippen LogP contribution in [-0.4, -0.2) is 41.5 Å². The third kappa shape index (κ3) is 3.30. The lowest BCUT2D eigenvalue weighted by molar-refractivity contribution is 0.208. The first-order valence-corrected chi connectivity index (χ1v) is 9.20. The highest BCUT2D eigenvalue weighted by atomic mass is 32.1. The van der Waals surface area contributed by atoms with E-state index in [2.05, 4.69) is 26.7 Å². The number of nitrogens with zero attached hydrogens (tertiary/aromatic N) is 3. The molecule has 0 aliphatic carbocycles. The highest BCUT2D eigenvalue weighted by Crippen LogP contribution is 2.29. The molecule has 25 heavy (non-hydrogen) atoms. The van der Waals surface area contributed by atoms with Crippen LogP contribution in [0.5, 0.6) is 0 Å². The number of benzene rings is 2. The van der Waals surface area contributed by atoms with Gasteiger partial charge >= 0.3 is 6.03 Å². The van der Waals surface area contributed by atoms with Gasteiger partial charge in [-0.1, -0.05) is 24.3 Å². The van der Waals surface area contributed by atoms with E-state index in [-0.39, 0.29) is 6.03 Å². The molecular weight excluding hydrogens is 332 g/mol. The van der Waals surface area contributed by atoms with Gasteiger partial charge in [0.1, 0.15) is 5.82 Å². The molecule has 3 aromatic rings. The standard InChI is InChI=1S/C19H20N4OS/c1-14-5-4-6-15(13-14)20-19(24)23-11-9-22(10-12-23)18-16-7-2-3-8-17(16)25-21-18/h2-8,13H,9-12H2,1H3,(H,20,24). The van der Waals surface area contributed by atoms with Crippen LogP contribution in [0, 0.1) is 6.92 Å². The molecule has 1 N–H and O–H groups in total. The van der Waals surface area contributed by atoms with Gasteiger partial charge < -0.3 is 15.1 Å². The molecule has 1 saturated heterocycles. The highest BCUT2D eigenvalue weighted by molar-refractivity contribution is 7.13. The Morgan fingerprint density at radius 1 is 1.08 bits per heavy atom. The van der Waals surface area contributed by atoms with Gasteiger partial charge in [0, 0.05) is 37.3 Å². The molecule has 0 radical (unpaired) electrons. The Bertz CT molecular complexity index is 899. The summed E-state index contributed by atoms with van der Waals surface area (Å²) in [5.41, 5.74) is 1.98. The molecule has 2 aromatic carbocycles. The molecule has 128 valence electrons. The molecule has 0 spiro atoms. The van der Waals surface area contributed by atoms with Gasteiger partial charge in [-0.15, -0.1) is 0 Å². The summed E-state index contributed by atoms with van der Waals surface area (Å²) in [7, 11) is 0. The van der Waals surface area contributed by atoms with Crippen molar-refractivity contribution >= 4 is 39.2 Å². The molecule has 1 aliphatic heterocycles. The van der Waals surface area contributed by atoms with Crippen LogP contribution in [0.1, 0.15) is 5.56 Å². The Balaban J connectivity index is 1.40. The first-order chi connectivity index (χ1) is 12.2. The maximum atomic E-state index is 12.5. The van der Waals surface area contributed by atoms with E-state index in [0.29, 0.717) is 13.1 Å². The summed E-state index contributed by atoms with van der Waals surface area (Å²) < 4.78 is 5.82. The number of nitrogens with one attached hydrogen (secondary N) is 1. The minimum absolute atomic E-state index is 0.0339. The number of amides is 2. The van der Waals surface area contributed by atoms with Crippen LogP contribution in [0.15, 0.2) is 48.5 Å². The molecule has 0 saturated carbocycles. The van der Waals surface area contributed by atoms with Crippen molar-refractivity contribution in [2.24, 2.45) is 0 Å². The molecule has 1 aliphatic rings. The van der Waals surface area contributed by atoms with Crippen molar-refractivity contribution in [1.82, 2.24) is 9.27 Å². The van der Waals surface area contributed by atoms with Gasteiger partial charge in [0.05, 0.1) is 4.70 Å². The summed E-state index contributed by atoms with van der Waals surface area (Å²) in [6, 6.07) is 16.1. The minimum Gasteiger partial charge on any atom is -0.352 e. The minimum atomic E-state index is -0.0339. The molecule has 0 atom stereocenters. The van der Waals surface area contributed by atoms with Gasteiger partial charge in [0.15, 0.2) is 0 Å². The number of rotatable bonds is 2. The quantitative estimate of drug-likeness (QED) is 0.759. The third-order valence-corrected chi connectivity index (χ3v) is 5.31. The van der Waals surface area contributed by atoms with Gasteiger partial charge in [-0.3, -0.25) is 0 Å². The first-order valence-electron chi connectivity index (χ1n) is 8.43. The van der Waals surface area contributed by atoms with E-state index in [0.717, 1.165) is 30.2 Å². The van der Waals surface area contributed by atoms with Gasteiger partial charge in [-0.2, -0.15) is 4.37 Å². The van der Waals surface area contributed by atoms with Crippen molar-refractivity contribution in [3.05, 3.63) is 54.1 Å². The summed E-state index contributed by atoms with van der Waals surface area (Å²) in [5.74, 6) is 1.04. The summed E-state index contributed by atoms with van der Waals surface area (Å²) >= 11 is 1.53. The number of piperazine rings is 1. The fourth-order valence-electron chi connectivity index (χ4n) is 3.15. The predicted octanol–water partition coefficient (Wildman–Crippen LogP) is 3.96. The Labute approximate surface area is 151 Å². The van der Waals surface area contributed by atoms with Crippen LogP contribution < -0.4 is 10.2 Å². The van der Waals surface area contributed by atoms with Crippen molar-refractivity contribution in [3.63, 3.8) is 0 Å². The zero-order valence-electron chi connectivity index (χ0n) is 14.1. The Kier molecular flexibility index (Phi) is 4.28. The second-order valence-electron chi connectivity index (χ2n) is 6.28. The van der Waals surface area contributed by atoms with E-state index < -0.39 is 0 Å². The molecular formula is C19H20N4OS. The lowest BCUT2D eigenvalue weighted by Crippen LogP contribution is -2.50. The van der Waals surface area contributed by atoms with Gasteiger partial charge in [-0.05, 0) is 48.3 Å².